The molecule has 2 rings (SSSR count). The maximum absolute atomic E-state index is 4.14. The topological polar surface area (TPSA) is 24.7 Å². The Morgan fingerprint density at radius 1 is 1.78 bits per heavy atom. The summed E-state index contributed by atoms with van der Waals surface area (Å²) >= 11 is 0. The summed E-state index contributed by atoms with van der Waals surface area (Å²) in [6.07, 6.45) is 2.31. The van der Waals surface area contributed by atoms with E-state index < -0.39 is 0 Å². The number of hydrogen-bond donors (Lipinski definition) is 0. The summed E-state index contributed by atoms with van der Waals surface area (Å²) in [6, 6.07) is 3.18. The summed E-state index contributed by atoms with van der Waals surface area (Å²) in [5.41, 5.74) is 0.250. The molecule has 0 amide bonds. The Morgan fingerprint density at radius 3 is 2.78 bits per heavy atom. The normalized spacial score (nSPS) is 42.1. The zero-order valence-electron chi connectivity index (χ0n) is 5.29. The minimum Gasteiger partial charge on any atom is -0.220 e. The Kier molecular flexibility index (Phi) is 1.38. The van der Waals surface area contributed by atoms with Crippen LogP contribution in [0.1, 0.15) is 19.8 Å². The average Bonchev–Trinajstić information content (AvgIpc) is 2.38. The van der Waals surface area contributed by atoms with Gasteiger partial charge in [-0.05, 0) is 6.42 Å². The van der Waals surface area contributed by atoms with Crippen molar-refractivity contribution in [2.24, 2.45) is 9.98 Å². The molecule has 1 heterocycles. The Labute approximate surface area is 60.5 Å². The third-order valence-electron chi connectivity index (χ3n) is 2.11. The fourth-order valence-electron chi connectivity index (χ4n) is 1.22. The quantitative estimate of drug-likeness (QED) is 0.533. The minimum absolute atomic E-state index is 0. The zero-order chi connectivity index (χ0) is 5.61. The van der Waals surface area contributed by atoms with Crippen LogP contribution in [0.3, 0.4) is 0 Å². The number of nitrogens with zero attached hydrogens (tertiary/aromatic N) is 2. The monoisotopic (exact) mass is 144 g/mol. The number of aliphatic imine (C=N–C) groups is 2. The van der Waals surface area contributed by atoms with Gasteiger partial charge in [0, 0.05) is 6.42 Å². The third kappa shape index (κ3) is 0.707. The van der Waals surface area contributed by atoms with Gasteiger partial charge in [-0.3, -0.25) is 0 Å². The lowest BCUT2D eigenvalue weighted by atomic mass is 10.2. The fraction of sp³-hybridized carbons (Fsp3) is 0.833. The van der Waals surface area contributed by atoms with Crippen LogP contribution in [0.5, 0.6) is 0 Å². The highest BCUT2D eigenvalue weighted by atomic mass is 35.5. The molecule has 3 heteroatoms. The molecule has 0 aromatic carbocycles. The first kappa shape index (κ1) is 6.79. The summed E-state index contributed by atoms with van der Waals surface area (Å²) in [5, 5.41) is 0. The van der Waals surface area contributed by atoms with E-state index >= 15 is 0 Å². The number of hydrogen-bond acceptors (Lipinski definition) is 2. The van der Waals surface area contributed by atoms with Gasteiger partial charge in [0.15, 0.2) is 0 Å². The zero-order valence-corrected chi connectivity index (χ0v) is 6.11. The molecule has 0 bridgehead atoms. The van der Waals surface area contributed by atoms with Gasteiger partial charge >= 0.3 is 0 Å². The second-order valence-electron chi connectivity index (χ2n) is 2.52. The smallest absolute Gasteiger partial charge is 0.0968 e. The van der Waals surface area contributed by atoms with Gasteiger partial charge in [-0.25, -0.2) is 9.98 Å². The highest BCUT2D eigenvalue weighted by Gasteiger charge is 2.55. The lowest BCUT2D eigenvalue weighted by Crippen LogP contribution is -2.03. The summed E-state index contributed by atoms with van der Waals surface area (Å²) in [5.74, 6) is 0. The van der Waals surface area contributed by atoms with Crippen molar-refractivity contribution in [2.75, 3.05) is 0 Å². The lowest BCUT2D eigenvalue weighted by molar-refractivity contribution is 0.646. The molecule has 2 unspecified atom stereocenters. The van der Waals surface area contributed by atoms with Crippen LogP contribution in [0.15, 0.2) is 9.98 Å². The molecule has 0 N–H and O–H groups in total. The van der Waals surface area contributed by atoms with E-state index in [2.05, 4.69) is 22.9 Å². The highest BCUT2D eigenvalue weighted by molar-refractivity contribution is 5.85. The SMILES string of the molecule is CCC12CC1N=C=N2.Cl. The lowest BCUT2D eigenvalue weighted by Gasteiger charge is -1.97. The van der Waals surface area contributed by atoms with Crippen molar-refractivity contribution < 1.29 is 0 Å². The molecule has 2 aliphatic rings. The number of fused-ring (bicyclic) bond motifs is 1. The largest absolute Gasteiger partial charge is 0.220 e. The van der Waals surface area contributed by atoms with Crippen molar-refractivity contribution in [1.82, 2.24) is 0 Å². The van der Waals surface area contributed by atoms with E-state index in [0.29, 0.717) is 6.04 Å². The summed E-state index contributed by atoms with van der Waals surface area (Å²) < 4.78 is 0. The van der Waals surface area contributed by atoms with Crippen molar-refractivity contribution in [3.63, 3.8) is 0 Å². The molecule has 0 spiro atoms. The van der Waals surface area contributed by atoms with E-state index in [0.717, 1.165) is 6.42 Å². The molecule has 0 radical (unpaired) electrons. The first-order valence-corrected chi connectivity index (χ1v) is 3.04. The highest BCUT2D eigenvalue weighted by Crippen LogP contribution is 2.47. The molecule has 0 saturated heterocycles. The number of rotatable bonds is 1. The molecular weight excluding hydrogens is 136 g/mol. The van der Waals surface area contributed by atoms with E-state index in [9.17, 15) is 0 Å². The van der Waals surface area contributed by atoms with Gasteiger partial charge in [0.25, 0.3) is 0 Å². The standard InChI is InChI=1S/C6H8N2.ClH/c1-2-6-3-5(6)7-4-8-6;/h5H,2-3H2,1H3;1H. The number of halogens is 1. The molecule has 2 nitrogen and oxygen atoms in total. The Hall–Kier alpha value is -0.330. The minimum atomic E-state index is 0. The summed E-state index contributed by atoms with van der Waals surface area (Å²) in [7, 11) is 0. The van der Waals surface area contributed by atoms with E-state index in [4.69, 9.17) is 0 Å². The third-order valence-corrected chi connectivity index (χ3v) is 2.11. The molecule has 0 aromatic heterocycles. The van der Waals surface area contributed by atoms with Crippen molar-refractivity contribution in [3.8, 4) is 0 Å². The van der Waals surface area contributed by atoms with E-state index in [1.807, 2.05) is 0 Å². The first-order valence-electron chi connectivity index (χ1n) is 3.04. The molecule has 1 aliphatic carbocycles. The van der Waals surface area contributed by atoms with Crippen molar-refractivity contribution in [2.45, 2.75) is 31.3 Å². The molecule has 0 aromatic rings. The van der Waals surface area contributed by atoms with Crippen LogP contribution < -0.4 is 0 Å². The second kappa shape index (κ2) is 1.83. The molecule has 9 heavy (non-hydrogen) atoms. The van der Waals surface area contributed by atoms with Crippen molar-refractivity contribution in [3.05, 3.63) is 0 Å². The molecule has 1 saturated carbocycles. The maximum Gasteiger partial charge on any atom is 0.0968 e. The molecule has 1 fully saturated rings. The Bertz CT molecular complexity index is 179. The maximum atomic E-state index is 4.14. The summed E-state index contributed by atoms with van der Waals surface area (Å²) in [6.45, 7) is 2.16. The molecular formula is C6H9ClN2. The molecule has 50 valence electrons. The molecule has 1 aliphatic heterocycles. The fourth-order valence-corrected chi connectivity index (χ4v) is 1.22. The van der Waals surface area contributed by atoms with Gasteiger partial charge in [0.05, 0.1) is 17.6 Å². The predicted molar refractivity (Wildman–Crippen MR) is 38.5 cm³/mol. The van der Waals surface area contributed by atoms with Gasteiger partial charge in [-0.1, -0.05) is 6.92 Å². The van der Waals surface area contributed by atoms with Gasteiger partial charge in [0.2, 0.25) is 0 Å². The average molecular weight is 145 g/mol. The van der Waals surface area contributed by atoms with Crippen LogP contribution in [0.4, 0.5) is 0 Å². The van der Waals surface area contributed by atoms with Gasteiger partial charge < -0.3 is 0 Å². The van der Waals surface area contributed by atoms with Gasteiger partial charge in [-0.2, -0.15) is 0 Å². The van der Waals surface area contributed by atoms with Gasteiger partial charge in [0.1, 0.15) is 0 Å². The predicted octanol–water partition coefficient (Wildman–Crippen LogP) is 1.52. The van der Waals surface area contributed by atoms with Crippen LogP contribution in [0.25, 0.3) is 0 Å². The van der Waals surface area contributed by atoms with Crippen molar-refractivity contribution in [1.29, 1.82) is 0 Å². The van der Waals surface area contributed by atoms with E-state index in [1.165, 1.54) is 6.42 Å². The van der Waals surface area contributed by atoms with Crippen LogP contribution >= 0.6 is 12.4 Å². The van der Waals surface area contributed by atoms with Crippen LogP contribution in [0, 0.1) is 0 Å². The van der Waals surface area contributed by atoms with Crippen LogP contribution in [-0.2, 0) is 0 Å². The Morgan fingerprint density at radius 2 is 2.56 bits per heavy atom. The molecule has 2 atom stereocenters. The summed E-state index contributed by atoms with van der Waals surface area (Å²) in [4.78, 5) is 8.18. The van der Waals surface area contributed by atoms with E-state index in [1.54, 1.807) is 0 Å². The first-order chi connectivity index (χ1) is 3.87. The van der Waals surface area contributed by atoms with Crippen LogP contribution in [-0.4, -0.2) is 17.6 Å². The Balaban J connectivity index is 0.000000405. The van der Waals surface area contributed by atoms with E-state index in [-0.39, 0.29) is 17.9 Å². The van der Waals surface area contributed by atoms with Crippen molar-refractivity contribution >= 4 is 18.4 Å². The van der Waals surface area contributed by atoms with Gasteiger partial charge in [-0.15, -0.1) is 12.4 Å². The van der Waals surface area contributed by atoms with Crippen LogP contribution in [0.2, 0.25) is 0 Å². The second-order valence-corrected chi connectivity index (χ2v) is 2.52.